The Bertz CT molecular complexity index is 2140. The summed E-state index contributed by atoms with van der Waals surface area (Å²) < 4.78 is 459. The summed E-state index contributed by atoms with van der Waals surface area (Å²) in [7, 11) is -7.32. The number of alkyl halides is 23. The quantitative estimate of drug-likeness (QED) is 0.150. The molecule has 35 heteroatoms. The van der Waals surface area contributed by atoms with Gasteiger partial charge < -0.3 is 4.18 Å². The first-order valence-electron chi connectivity index (χ1n) is 14.9. The van der Waals surface area contributed by atoms with Gasteiger partial charge in [-0.1, -0.05) is 0 Å². The molecule has 2 nitrogen and oxygen atoms in total. The molecule has 0 spiro atoms. The summed E-state index contributed by atoms with van der Waals surface area (Å²) in [5.74, 6) is -126. The highest BCUT2D eigenvalue weighted by molar-refractivity contribution is 8.30. The van der Waals surface area contributed by atoms with Gasteiger partial charge in [-0.3, -0.25) is 0 Å². The van der Waals surface area contributed by atoms with E-state index in [0.717, 1.165) is 0 Å². The minimum absolute atomic E-state index is 0.893. The lowest BCUT2D eigenvalue weighted by Gasteiger charge is -2.45. The van der Waals surface area contributed by atoms with Gasteiger partial charge in [0.1, 0.15) is 67.0 Å². The van der Waals surface area contributed by atoms with Crippen molar-refractivity contribution >= 4 is 16.3 Å². The fraction of sp³-hybridized carbons (Fsp3) is 0.367. The topological polar surface area (TPSA) is 26.3 Å². The molecule has 0 aromatic heterocycles. The maximum Gasteiger partial charge on any atom is 0.460 e. The Balaban J connectivity index is 2.45. The lowest BCUT2D eigenvalue weighted by Crippen LogP contribution is -2.78. The van der Waals surface area contributed by atoms with Gasteiger partial charge in [-0.25, -0.2) is 44.3 Å². The van der Waals surface area contributed by atoms with Gasteiger partial charge in [0.05, 0.1) is 0 Å². The number of hydrogen-bond acceptors (Lipinski definition) is 2. The molecule has 0 unspecified atom stereocenters. The predicted octanol–water partition coefficient (Wildman–Crippen LogP) is 13.6. The molecule has 3 rings (SSSR count). The van der Waals surface area contributed by atoms with Crippen LogP contribution in [0.3, 0.4) is 0 Å². The Morgan fingerprint density at radius 3 is 0.708 bits per heavy atom. The van der Waals surface area contributed by atoms with Gasteiger partial charge in [-0.05, 0) is 0 Å². The molecule has 65 heavy (non-hydrogen) atoms. The van der Waals surface area contributed by atoms with E-state index in [9.17, 15) is 110 Å². The van der Waals surface area contributed by atoms with Crippen LogP contribution in [0.1, 0.15) is 0 Å². The van der Waals surface area contributed by atoms with Crippen LogP contribution < -0.4 is 0 Å². The van der Waals surface area contributed by atoms with Crippen LogP contribution >= 0.6 is 10.3 Å². The average molecular weight is 1040 g/mol. The number of halogens is 32. The Hall–Kier alpha value is -4.76. The second-order valence-corrected chi connectivity index (χ2v) is 14.8. The summed E-state index contributed by atoms with van der Waals surface area (Å²) in [6.45, 7) is 0. The van der Waals surface area contributed by atoms with Crippen LogP contribution in [-0.2, 0) is 8.98 Å². The standard InChI is InChI=1S/C30H6F32O2S/c31-7-1-10(34)16(11(35)2-7)65(17-12(36)3-8(32)4-13(17)37,18-14(38)5-9(33)6-15(18)39)64-19(63)20(40,41)21(42,43)22(44,45)23(46,47)24(48,49)25(50,51)26(52,53)27(54,55)28(56,57)29(58,59)30(60,61)62/h1-6H. The highest BCUT2D eigenvalue weighted by Gasteiger charge is 2.99. The van der Waals surface area contributed by atoms with E-state index in [1.54, 1.807) is 0 Å². The molecule has 0 bridgehead atoms. The largest absolute Gasteiger partial charge is 0.460 e. The van der Waals surface area contributed by atoms with E-state index in [1.807, 2.05) is 0 Å². The second kappa shape index (κ2) is 15.7. The average Bonchev–Trinajstić information content (AvgIpc) is 3.08. The molecule has 3 aromatic carbocycles. The molecule has 0 saturated heterocycles. The highest BCUT2D eigenvalue weighted by atomic mass is 32.3. The fourth-order valence-corrected chi connectivity index (χ4v) is 8.09. The monoisotopic (exact) mass is 1040 g/mol. The number of rotatable bonds is 14. The Morgan fingerprint density at radius 2 is 0.508 bits per heavy atom. The summed E-state index contributed by atoms with van der Waals surface area (Å²) in [5, 5.41) is 0. The number of hydrogen-bond donors (Lipinski definition) is 0. The van der Waals surface area contributed by atoms with Crippen molar-refractivity contribution in [1.29, 1.82) is 0 Å². The molecule has 0 aliphatic carbocycles. The van der Waals surface area contributed by atoms with Crippen LogP contribution in [0.2, 0.25) is 0 Å². The lowest BCUT2D eigenvalue weighted by molar-refractivity contribution is -0.477. The summed E-state index contributed by atoms with van der Waals surface area (Å²) >= 11 is 0. The van der Waals surface area contributed by atoms with E-state index in [2.05, 4.69) is 4.18 Å². The molecule has 0 atom stereocenters. The van der Waals surface area contributed by atoms with Crippen molar-refractivity contribution in [1.82, 2.24) is 0 Å². The maximum atomic E-state index is 15.4. The van der Waals surface area contributed by atoms with Gasteiger partial charge in [0, 0.05) is 46.7 Å². The number of carbonyl (C=O) groups is 1. The lowest BCUT2D eigenvalue weighted by atomic mass is 9.85. The van der Waals surface area contributed by atoms with Gasteiger partial charge in [0.15, 0.2) is 0 Å². The molecule has 0 aliphatic rings. The first-order valence-corrected chi connectivity index (χ1v) is 16.5. The number of carbonyl (C=O) groups excluding carboxylic acids is 1. The normalized spacial score (nSPS) is 15.1. The summed E-state index contributed by atoms with van der Waals surface area (Å²) in [6.07, 6.45) is -8.34. The van der Waals surface area contributed by atoms with Crippen molar-refractivity contribution < 1.29 is 149 Å². The predicted molar refractivity (Wildman–Crippen MR) is 143 cm³/mol. The molecular weight excluding hydrogens is 1030 g/mol. The maximum absolute atomic E-state index is 15.4. The van der Waals surface area contributed by atoms with Gasteiger partial charge in [0.2, 0.25) is 0 Å². The van der Waals surface area contributed by atoms with Crippen LogP contribution in [0.15, 0.2) is 51.1 Å². The smallest absolute Gasteiger partial charge is 0.397 e. The Labute approximate surface area is 335 Å². The molecule has 3 aromatic rings. The van der Waals surface area contributed by atoms with Gasteiger partial charge >= 0.3 is 71.4 Å². The summed E-state index contributed by atoms with van der Waals surface area (Å²) in [5.41, 5.74) is 0. The van der Waals surface area contributed by atoms with Crippen LogP contribution in [-0.4, -0.2) is 71.4 Å². The van der Waals surface area contributed by atoms with E-state index in [4.69, 9.17) is 0 Å². The molecule has 0 N–H and O–H groups in total. The van der Waals surface area contributed by atoms with Gasteiger partial charge in [-0.15, -0.1) is 0 Å². The van der Waals surface area contributed by atoms with Crippen LogP contribution in [0.25, 0.3) is 0 Å². The van der Waals surface area contributed by atoms with E-state index in [1.165, 1.54) is 0 Å². The molecule has 368 valence electrons. The summed E-state index contributed by atoms with van der Waals surface area (Å²) in [4.78, 5) is 3.41. The van der Waals surface area contributed by atoms with Crippen LogP contribution in [0.4, 0.5) is 140 Å². The SMILES string of the molecule is O=C(OS(c1c(F)cc(F)cc1F)(c1c(F)cc(F)cc1F)c1c(F)cc(F)cc1F)C(F)(F)C(F)(F)C(F)(F)C(F)(F)C(F)(F)C(F)(F)C(F)(F)C(F)(F)C(F)(F)C(F)(F)C(F)(F)F. The van der Waals surface area contributed by atoms with Gasteiger partial charge in [0.25, 0.3) is 0 Å². The minimum atomic E-state index is -9.94. The Kier molecular flexibility index (Phi) is 13.2. The first-order chi connectivity index (χ1) is 28.6. The summed E-state index contributed by atoms with van der Waals surface area (Å²) in [6, 6.07) is -5.36. The van der Waals surface area contributed by atoms with Crippen molar-refractivity contribution in [3.05, 3.63) is 88.8 Å². The van der Waals surface area contributed by atoms with Crippen LogP contribution in [0.5, 0.6) is 0 Å². The molecule has 0 fully saturated rings. The second-order valence-electron chi connectivity index (χ2n) is 12.3. The van der Waals surface area contributed by atoms with Crippen molar-refractivity contribution in [3.63, 3.8) is 0 Å². The fourth-order valence-electron chi connectivity index (χ4n) is 4.89. The van der Waals surface area contributed by atoms with E-state index in [-0.39, 0.29) is 0 Å². The van der Waals surface area contributed by atoms with Crippen LogP contribution in [0, 0.1) is 52.4 Å². The van der Waals surface area contributed by atoms with Crippen molar-refractivity contribution in [3.8, 4) is 0 Å². The highest BCUT2D eigenvalue weighted by Crippen LogP contribution is 2.74. The van der Waals surface area contributed by atoms with E-state index in [0.29, 0.717) is 0 Å². The molecule has 0 saturated carbocycles. The van der Waals surface area contributed by atoms with Crippen molar-refractivity contribution in [2.75, 3.05) is 0 Å². The molecule has 0 radical (unpaired) electrons. The van der Waals surface area contributed by atoms with Crippen molar-refractivity contribution in [2.45, 2.75) is 80.1 Å². The molecular formula is C30H6F32O2S. The molecule has 0 aliphatic heterocycles. The zero-order valence-electron chi connectivity index (χ0n) is 28.8. The zero-order chi connectivity index (χ0) is 51.5. The third-order valence-corrected chi connectivity index (χ3v) is 11.4. The third kappa shape index (κ3) is 7.37. The van der Waals surface area contributed by atoms with E-state index >= 15 is 35.1 Å². The molecule has 0 amide bonds. The zero-order valence-corrected chi connectivity index (χ0v) is 29.6. The molecule has 0 heterocycles. The Morgan fingerprint density at radius 1 is 0.323 bits per heavy atom. The van der Waals surface area contributed by atoms with Gasteiger partial charge in [-0.2, -0.15) is 101 Å². The van der Waals surface area contributed by atoms with Crippen molar-refractivity contribution in [2.24, 2.45) is 0 Å². The first kappa shape index (κ1) is 54.6. The number of benzene rings is 3. The minimum Gasteiger partial charge on any atom is -0.397 e. The van der Waals surface area contributed by atoms with E-state index < -0.39 is 185 Å². The third-order valence-electron chi connectivity index (χ3n) is 8.11.